The van der Waals surface area contributed by atoms with Crippen molar-refractivity contribution < 1.29 is 13.8 Å². The summed E-state index contributed by atoms with van der Waals surface area (Å²) in [7, 11) is -1.09. The van der Waals surface area contributed by atoms with Gasteiger partial charge in [-0.15, -0.1) is 0 Å². The van der Waals surface area contributed by atoms with Crippen LogP contribution in [-0.4, -0.2) is 40.3 Å². The lowest BCUT2D eigenvalue weighted by molar-refractivity contribution is 0.0624. The average Bonchev–Trinajstić information content (AvgIpc) is 2.67. The fourth-order valence-electron chi connectivity index (χ4n) is 3.77. The summed E-state index contributed by atoms with van der Waals surface area (Å²) in [4.78, 5) is 28.3. The lowest BCUT2D eigenvalue weighted by Crippen LogP contribution is -2.42. The van der Waals surface area contributed by atoms with Gasteiger partial charge in [-0.3, -0.25) is 13.8 Å². The minimum absolute atomic E-state index is 0.0500. The van der Waals surface area contributed by atoms with E-state index in [9.17, 15) is 13.8 Å². The number of piperidine rings is 1. The highest BCUT2D eigenvalue weighted by Gasteiger charge is 2.27. The topological polar surface area (TPSA) is 66.5 Å². The normalized spacial score (nSPS) is 20.5. The van der Waals surface area contributed by atoms with Gasteiger partial charge < -0.3 is 10.2 Å². The standard InChI is InChI=1S/C22H26N2O3S/c1-15-12-16(2)14-24(13-15)22(26)19-6-4-5-7-20(19)23-21(25)17-8-10-18(11-9-17)28(3)27/h4-11,15-16H,12-14H2,1-3H3,(H,23,25). The molecule has 0 spiro atoms. The molecule has 0 bridgehead atoms. The molecule has 1 N–H and O–H groups in total. The first kappa shape index (κ1) is 20.3. The molecule has 2 aromatic rings. The number of nitrogens with zero attached hydrogens (tertiary/aromatic N) is 1. The number of amides is 2. The fraction of sp³-hybridized carbons (Fsp3) is 0.364. The largest absolute Gasteiger partial charge is 0.338 e. The third-order valence-corrected chi connectivity index (χ3v) is 5.95. The Labute approximate surface area is 168 Å². The number of para-hydroxylation sites is 1. The maximum Gasteiger partial charge on any atom is 0.255 e. The van der Waals surface area contributed by atoms with E-state index in [2.05, 4.69) is 19.2 Å². The van der Waals surface area contributed by atoms with E-state index in [1.807, 2.05) is 11.0 Å². The van der Waals surface area contributed by atoms with E-state index in [1.165, 1.54) is 0 Å². The second-order valence-corrected chi connectivity index (χ2v) is 9.01. The Kier molecular flexibility index (Phi) is 6.29. The first-order chi connectivity index (χ1) is 13.3. The molecule has 0 saturated carbocycles. The summed E-state index contributed by atoms with van der Waals surface area (Å²) < 4.78 is 11.5. The Bertz CT molecular complexity index is 885. The lowest BCUT2D eigenvalue weighted by atomic mass is 9.91. The molecule has 1 heterocycles. The van der Waals surface area contributed by atoms with E-state index in [0.29, 0.717) is 33.5 Å². The molecule has 1 fully saturated rings. The van der Waals surface area contributed by atoms with E-state index in [4.69, 9.17) is 0 Å². The molecule has 0 radical (unpaired) electrons. The first-order valence-electron chi connectivity index (χ1n) is 9.48. The SMILES string of the molecule is CC1CC(C)CN(C(=O)c2ccccc2NC(=O)c2ccc(S(C)=O)cc2)C1. The van der Waals surface area contributed by atoms with Crippen molar-refractivity contribution in [3.8, 4) is 0 Å². The minimum Gasteiger partial charge on any atom is -0.338 e. The van der Waals surface area contributed by atoms with Gasteiger partial charge >= 0.3 is 0 Å². The van der Waals surface area contributed by atoms with Crippen LogP contribution in [0, 0.1) is 11.8 Å². The fourth-order valence-corrected chi connectivity index (χ4v) is 4.29. The minimum atomic E-state index is -1.09. The molecule has 1 aliphatic rings. The van der Waals surface area contributed by atoms with Crippen LogP contribution in [0.1, 0.15) is 41.0 Å². The molecule has 0 aromatic heterocycles. The molecular formula is C22H26N2O3S. The molecule has 28 heavy (non-hydrogen) atoms. The number of carbonyl (C=O) groups is 2. The van der Waals surface area contributed by atoms with Gasteiger partial charge in [0.15, 0.2) is 0 Å². The molecule has 1 aliphatic heterocycles. The lowest BCUT2D eigenvalue weighted by Gasteiger charge is -2.35. The summed E-state index contributed by atoms with van der Waals surface area (Å²) >= 11 is 0. The zero-order valence-corrected chi connectivity index (χ0v) is 17.3. The molecule has 1 saturated heterocycles. The molecule has 0 aliphatic carbocycles. The Hall–Kier alpha value is -2.47. The summed E-state index contributed by atoms with van der Waals surface area (Å²) in [5.41, 5.74) is 1.46. The van der Waals surface area contributed by atoms with Crippen LogP contribution < -0.4 is 5.32 Å². The molecule has 6 heteroatoms. The summed E-state index contributed by atoms with van der Waals surface area (Å²) in [5, 5.41) is 2.86. The number of anilines is 1. The smallest absolute Gasteiger partial charge is 0.255 e. The van der Waals surface area contributed by atoms with Crippen molar-refractivity contribution in [2.75, 3.05) is 24.7 Å². The zero-order chi connectivity index (χ0) is 20.3. The summed E-state index contributed by atoms with van der Waals surface area (Å²) in [6.45, 7) is 5.80. The van der Waals surface area contributed by atoms with E-state index in [0.717, 1.165) is 19.5 Å². The number of likely N-dealkylation sites (tertiary alicyclic amines) is 1. The molecule has 2 aromatic carbocycles. The van der Waals surface area contributed by atoms with Gasteiger partial charge in [0.25, 0.3) is 11.8 Å². The molecule has 3 atom stereocenters. The summed E-state index contributed by atoms with van der Waals surface area (Å²) in [5.74, 6) is 0.592. The Morgan fingerprint density at radius 3 is 2.21 bits per heavy atom. The van der Waals surface area contributed by atoms with Crippen LogP contribution in [0.25, 0.3) is 0 Å². The number of carbonyl (C=O) groups excluding carboxylic acids is 2. The van der Waals surface area contributed by atoms with Gasteiger partial charge in [0, 0.05) is 40.6 Å². The molecular weight excluding hydrogens is 372 g/mol. The summed E-state index contributed by atoms with van der Waals surface area (Å²) in [6, 6.07) is 13.8. The van der Waals surface area contributed by atoms with Crippen LogP contribution in [0.3, 0.4) is 0 Å². The van der Waals surface area contributed by atoms with Gasteiger partial charge in [-0.05, 0) is 54.7 Å². The van der Waals surface area contributed by atoms with E-state index < -0.39 is 10.8 Å². The van der Waals surface area contributed by atoms with Crippen molar-refractivity contribution in [3.05, 3.63) is 59.7 Å². The van der Waals surface area contributed by atoms with E-state index >= 15 is 0 Å². The van der Waals surface area contributed by atoms with Gasteiger partial charge in [0.2, 0.25) is 0 Å². The number of nitrogens with one attached hydrogen (secondary N) is 1. The second kappa shape index (κ2) is 8.69. The predicted molar refractivity (Wildman–Crippen MR) is 112 cm³/mol. The maximum absolute atomic E-state index is 13.1. The third kappa shape index (κ3) is 4.68. The van der Waals surface area contributed by atoms with Gasteiger partial charge in [0.05, 0.1) is 11.3 Å². The highest BCUT2D eigenvalue weighted by atomic mass is 32.2. The van der Waals surface area contributed by atoms with Crippen LogP contribution >= 0.6 is 0 Å². The maximum atomic E-state index is 13.1. The van der Waals surface area contributed by atoms with Gasteiger partial charge in [0.1, 0.15) is 0 Å². The predicted octanol–water partition coefficient (Wildman–Crippen LogP) is 3.79. The third-order valence-electron chi connectivity index (χ3n) is 5.01. The van der Waals surface area contributed by atoms with Gasteiger partial charge in [-0.2, -0.15) is 0 Å². The van der Waals surface area contributed by atoms with Crippen molar-refractivity contribution in [3.63, 3.8) is 0 Å². The number of hydrogen-bond acceptors (Lipinski definition) is 3. The molecule has 5 nitrogen and oxygen atoms in total. The molecule has 3 unspecified atom stereocenters. The highest BCUT2D eigenvalue weighted by molar-refractivity contribution is 7.84. The quantitative estimate of drug-likeness (QED) is 0.852. The van der Waals surface area contributed by atoms with E-state index in [1.54, 1.807) is 48.7 Å². The van der Waals surface area contributed by atoms with Crippen molar-refractivity contribution >= 4 is 28.3 Å². The van der Waals surface area contributed by atoms with Crippen molar-refractivity contribution in [1.82, 2.24) is 4.90 Å². The Morgan fingerprint density at radius 2 is 1.61 bits per heavy atom. The van der Waals surface area contributed by atoms with Crippen LogP contribution in [0.15, 0.2) is 53.4 Å². The molecule has 3 rings (SSSR count). The monoisotopic (exact) mass is 398 g/mol. The van der Waals surface area contributed by atoms with Crippen LogP contribution in [0.4, 0.5) is 5.69 Å². The highest BCUT2D eigenvalue weighted by Crippen LogP contribution is 2.25. The van der Waals surface area contributed by atoms with Gasteiger partial charge in [-0.1, -0.05) is 26.0 Å². The van der Waals surface area contributed by atoms with Crippen LogP contribution in [0.5, 0.6) is 0 Å². The van der Waals surface area contributed by atoms with Gasteiger partial charge in [-0.25, -0.2) is 0 Å². The van der Waals surface area contributed by atoms with E-state index in [-0.39, 0.29) is 11.8 Å². The molecule has 148 valence electrons. The first-order valence-corrected chi connectivity index (χ1v) is 11.0. The number of hydrogen-bond donors (Lipinski definition) is 1. The number of benzene rings is 2. The Morgan fingerprint density at radius 1 is 1.00 bits per heavy atom. The Balaban J connectivity index is 1.79. The van der Waals surface area contributed by atoms with Crippen molar-refractivity contribution in [1.29, 1.82) is 0 Å². The van der Waals surface area contributed by atoms with Crippen LogP contribution in [0.2, 0.25) is 0 Å². The van der Waals surface area contributed by atoms with Crippen LogP contribution in [-0.2, 0) is 10.8 Å². The van der Waals surface area contributed by atoms with Crippen molar-refractivity contribution in [2.24, 2.45) is 11.8 Å². The van der Waals surface area contributed by atoms with Crippen molar-refractivity contribution in [2.45, 2.75) is 25.2 Å². The zero-order valence-electron chi connectivity index (χ0n) is 16.5. The number of rotatable bonds is 4. The average molecular weight is 399 g/mol. The molecule has 2 amide bonds. The summed E-state index contributed by atoms with van der Waals surface area (Å²) in [6.07, 6.45) is 2.72. The second-order valence-electron chi connectivity index (χ2n) is 7.63.